The zero-order valence-corrected chi connectivity index (χ0v) is 16.4. The van der Waals surface area contributed by atoms with E-state index in [0.29, 0.717) is 16.4 Å². The fourth-order valence-corrected chi connectivity index (χ4v) is 3.27. The molecule has 1 aromatic carbocycles. The van der Waals surface area contributed by atoms with Crippen LogP contribution in [-0.2, 0) is 16.1 Å². The van der Waals surface area contributed by atoms with Crippen LogP contribution in [0.1, 0.15) is 11.1 Å². The molecule has 8 heteroatoms. The molecule has 0 unspecified atom stereocenters. The van der Waals surface area contributed by atoms with Crippen LogP contribution in [0.25, 0.3) is 6.08 Å². The normalized spacial score (nSPS) is 11.7. The lowest BCUT2D eigenvalue weighted by Crippen LogP contribution is -2.28. The average molecular weight is 413 g/mol. The monoisotopic (exact) mass is 412 g/mol. The maximum Gasteiger partial charge on any atom is 0.267 e. The first-order chi connectivity index (χ1) is 13.6. The SMILES string of the molecule is O=C(CNC(=O)C=Cc1cccnc1)N=c1sccn1Cc1ccccc1Cl. The fraction of sp³-hybridized carbons (Fsp3) is 0.100. The van der Waals surface area contributed by atoms with Crippen molar-refractivity contribution in [2.24, 2.45) is 4.99 Å². The summed E-state index contributed by atoms with van der Waals surface area (Å²) in [6.45, 7) is 0.329. The maximum atomic E-state index is 12.1. The molecule has 6 nitrogen and oxygen atoms in total. The van der Waals surface area contributed by atoms with E-state index in [0.717, 1.165) is 11.1 Å². The van der Waals surface area contributed by atoms with Crippen LogP contribution in [0, 0.1) is 0 Å². The number of hydrogen-bond acceptors (Lipinski definition) is 4. The molecule has 0 radical (unpaired) electrons. The van der Waals surface area contributed by atoms with Crippen molar-refractivity contribution >= 4 is 40.8 Å². The van der Waals surface area contributed by atoms with Crippen LogP contribution in [0.3, 0.4) is 0 Å². The minimum atomic E-state index is -0.432. The second-order valence-corrected chi connectivity index (χ2v) is 7.03. The van der Waals surface area contributed by atoms with Gasteiger partial charge in [0.2, 0.25) is 5.91 Å². The molecule has 28 heavy (non-hydrogen) atoms. The van der Waals surface area contributed by atoms with E-state index in [1.807, 2.05) is 46.5 Å². The molecule has 142 valence electrons. The Kier molecular flexibility index (Phi) is 6.89. The van der Waals surface area contributed by atoms with E-state index in [1.54, 1.807) is 24.5 Å². The van der Waals surface area contributed by atoms with Gasteiger partial charge in [-0.2, -0.15) is 4.99 Å². The largest absolute Gasteiger partial charge is 0.343 e. The fourth-order valence-electron chi connectivity index (χ4n) is 2.33. The number of amides is 2. The molecule has 3 aromatic rings. The molecular weight excluding hydrogens is 396 g/mol. The van der Waals surface area contributed by atoms with E-state index in [-0.39, 0.29) is 12.5 Å². The van der Waals surface area contributed by atoms with Crippen molar-refractivity contribution in [1.82, 2.24) is 14.9 Å². The van der Waals surface area contributed by atoms with Crippen molar-refractivity contribution in [1.29, 1.82) is 0 Å². The van der Waals surface area contributed by atoms with E-state index in [4.69, 9.17) is 11.6 Å². The van der Waals surface area contributed by atoms with Crippen LogP contribution in [0.15, 0.2) is 71.4 Å². The molecule has 0 aliphatic heterocycles. The minimum absolute atomic E-state index is 0.180. The number of pyridine rings is 1. The third-order valence-electron chi connectivity index (χ3n) is 3.70. The molecule has 0 atom stereocenters. The highest BCUT2D eigenvalue weighted by molar-refractivity contribution is 7.07. The van der Waals surface area contributed by atoms with Crippen LogP contribution >= 0.6 is 22.9 Å². The molecular formula is C20H17ClN4O2S. The number of benzene rings is 1. The molecule has 2 amide bonds. The third kappa shape index (κ3) is 5.73. The van der Waals surface area contributed by atoms with Gasteiger partial charge in [0.15, 0.2) is 4.80 Å². The highest BCUT2D eigenvalue weighted by Crippen LogP contribution is 2.15. The summed E-state index contributed by atoms with van der Waals surface area (Å²) in [5.41, 5.74) is 1.73. The van der Waals surface area contributed by atoms with Gasteiger partial charge in [-0.1, -0.05) is 35.9 Å². The first-order valence-corrected chi connectivity index (χ1v) is 9.68. The van der Waals surface area contributed by atoms with Crippen LogP contribution in [0.5, 0.6) is 0 Å². The number of carbonyl (C=O) groups is 2. The van der Waals surface area contributed by atoms with Gasteiger partial charge in [0, 0.05) is 35.1 Å². The molecule has 3 rings (SSSR count). The predicted octanol–water partition coefficient (Wildman–Crippen LogP) is 2.90. The van der Waals surface area contributed by atoms with Gasteiger partial charge >= 0.3 is 0 Å². The molecule has 0 saturated heterocycles. The maximum absolute atomic E-state index is 12.1. The number of aromatic nitrogens is 2. The molecule has 1 N–H and O–H groups in total. The highest BCUT2D eigenvalue weighted by Gasteiger charge is 2.05. The molecule has 0 aliphatic rings. The number of nitrogens with one attached hydrogen (secondary N) is 1. The lowest BCUT2D eigenvalue weighted by Gasteiger charge is -2.05. The van der Waals surface area contributed by atoms with Crippen molar-refractivity contribution in [3.8, 4) is 0 Å². The van der Waals surface area contributed by atoms with Crippen LogP contribution in [-0.4, -0.2) is 27.9 Å². The summed E-state index contributed by atoms with van der Waals surface area (Å²) in [6.07, 6.45) is 8.11. The lowest BCUT2D eigenvalue weighted by atomic mass is 10.2. The number of carbonyl (C=O) groups excluding carboxylic acids is 2. The summed E-state index contributed by atoms with van der Waals surface area (Å²) >= 11 is 7.54. The Morgan fingerprint density at radius 1 is 1.25 bits per heavy atom. The van der Waals surface area contributed by atoms with Crippen molar-refractivity contribution in [3.63, 3.8) is 0 Å². The zero-order valence-electron chi connectivity index (χ0n) is 14.8. The van der Waals surface area contributed by atoms with Gasteiger partial charge < -0.3 is 9.88 Å². The van der Waals surface area contributed by atoms with Gasteiger partial charge in [-0.3, -0.25) is 14.6 Å². The summed E-state index contributed by atoms with van der Waals surface area (Å²) < 4.78 is 1.84. The Bertz CT molecular complexity index is 1060. The first kappa shape index (κ1) is 19.7. The summed E-state index contributed by atoms with van der Waals surface area (Å²) in [4.78, 5) is 32.5. The standard InChI is InChI=1S/C20H17ClN4O2S/c21-17-6-2-1-5-16(17)14-25-10-11-28-20(25)24-19(27)13-23-18(26)8-7-15-4-3-9-22-12-15/h1-12H,13-14H2,(H,23,26). The first-order valence-electron chi connectivity index (χ1n) is 8.42. The Labute approximate surface area is 170 Å². The quantitative estimate of drug-likeness (QED) is 0.632. The summed E-state index contributed by atoms with van der Waals surface area (Å²) in [6, 6.07) is 11.1. The number of thiazole rings is 1. The smallest absolute Gasteiger partial charge is 0.267 e. The summed E-state index contributed by atoms with van der Waals surface area (Å²) in [5.74, 6) is -0.805. The molecule has 0 fully saturated rings. The Morgan fingerprint density at radius 2 is 2.11 bits per heavy atom. The molecule has 0 aliphatic carbocycles. The minimum Gasteiger partial charge on any atom is -0.343 e. The second kappa shape index (κ2) is 9.77. The van der Waals surface area contributed by atoms with E-state index < -0.39 is 5.91 Å². The van der Waals surface area contributed by atoms with Crippen molar-refractivity contribution in [2.45, 2.75) is 6.54 Å². The van der Waals surface area contributed by atoms with Crippen LogP contribution in [0.2, 0.25) is 5.02 Å². The van der Waals surface area contributed by atoms with E-state index in [9.17, 15) is 9.59 Å². The van der Waals surface area contributed by atoms with Crippen molar-refractivity contribution in [2.75, 3.05) is 6.54 Å². The Hall–Kier alpha value is -3.03. The molecule has 0 spiro atoms. The molecule has 0 saturated carbocycles. The van der Waals surface area contributed by atoms with Gasteiger partial charge in [0.05, 0.1) is 13.1 Å². The zero-order chi connectivity index (χ0) is 19.8. The molecule has 0 bridgehead atoms. The number of nitrogens with zero attached hydrogens (tertiary/aromatic N) is 3. The van der Waals surface area contributed by atoms with Crippen molar-refractivity contribution in [3.05, 3.63) is 87.4 Å². The van der Waals surface area contributed by atoms with Gasteiger partial charge in [0.25, 0.3) is 5.91 Å². The van der Waals surface area contributed by atoms with Gasteiger partial charge in [0.1, 0.15) is 0 Å². The summed E-state index contributed by atoms with van der Waals surface area (Å²) in [7, 11) is 0. The second-order valence-electron chi connectivity index (χ2n) is 5.75. The van der Waals surface area contributed by atoms with Gasteiger partial charge in [-0.25, -0.2) is 0 Å². The Morgan fingerprint density at radius 3 is 2.89 bits per heavy atom. The van der Waals surface area contributed by atoms with E-state index in [2.05, 4.69) is 15.3 Å². The number of halogens is 1. The lowest BCUT2D eigenvalue weighted by molar-refractivity contribution is -0.122. The van der Waals surface area contributed by atoms with E-state index >= 15 is 0 Å². The third-order valence-corrected chi connectivity index (χ3v) is 4.87. The Balaban J connectivity index is 1.59. The summed E-state index contributed by atoms with van der Waals surface area (Å²) in [5, 5.41) is 5.03. The molecule has 2 heterocycles. The number of rotatable bonds is 6. The topological polar surface area (TPSA) is 76.3 Å². The van der Waals surface area contributed by atoms with Gasteiger partial charge in [-0.15, -0.1) is 11.3 Å². The van der Waals surface area contributed by atoms with Crippen LogP contribution in [0.4, 0.5) is 0 Å². The van der Waals surface area contributed by atoms with Gasteiger partial charge in [-0.05, 0) is 29.3 Å². The molecule has 2 aromatic heterocycles. The average Bonchev–Trinajstić information content (AvgIpc) is 3.14. The number of hydrogen-bond donors (Lipinski definition) is 1. The van der Waals surface area contributed by atoms with E-state index in [1.165, 1.54) is 17.4 Å². The van der Waals surface area contributed by atoms with Crippen LogP contribution < -0.4 is 10.1 Å². The predicted molar refractivity (Wildman–Crippen MR) is 110 cm³/mol. The highest BCUT2D eigenvalue weighted by atomic mass is 35.5. The van der Waals surface area contributed by atoms with Crippen molar-refractivity contribution < 1.29 is 9.59 Å².